The average molecular weight is 415 g/mol. The minimum atomic E-state index is -0.660. The first kappa shape index (κ1) is 19.2. The molecule has 1 saturated heterocycles. The molecular weight excluding hydrogens is 399 g/mol. The van der Waals surface area contributed by atoms with Gasteiger partial charge in [0.15, 0.2) is 5.78 Å². The smallest absolute Gasteiger partial charge is 0.256 e. The Kier molecular flexibility index (Phi) is 5.12. The summed E-state index contributed by atoms with van der Waals surface area (Å²) in [4.78, 5) is 25.7. The molecule has 0 saturated carbocycles. The molecule has 1 fully saturated rings. The maximum atomic E-state index is 14.3. The Morgan fingerprint density at radius 3 is 2.86 bits per heavy atom. The third kappa shape index (κ3) is 3.89. The number of hydrogen-bond acceptors (Lipinski definition) is 5. The molecule has 6 nitrogen and oxygen atoms in total. The quantitative estimate of drug-likeness (QED) is 0.768. The third-order valence-electron chi connectivity index (χ3n) is 4.94. The van der Waals surface area contributed by atoms with Crippen molar-refractivity contribution in [2.45, 2.75) is 6.42 Å². The number of hydrogen-bond donors (Lipinski definition) is 0. The molecular formula is C21H16ClFN2O4. The minimum absolute atomic E-state index is 0.0587. The van der Waals surface area contributed by atoms with Crippen molar-refractivity contribution in [3.8, 4) is 17.6 Å². The van der Waals surface area contributed by atoms with Crippen LogP contribution < -0.4 is 9.47 Å². The van der Waals surface area contributed by atoms with Crippen LogP contribution in [0.15, 0.2) is 30.3 Å². The van der Waals surface area contributed by atoms with Crippen LogP contribution in [0.2, 0.25) is 5.02 Å². The number of carbonyl (C=O) groups is 2. The van der Waals surface area contributed by atoms with Gasteiger partial charge in [0.2, 0.25) is 0 Å². The third-order valence-corrected chi connectivity index (χ3v) is 5.23. The largest absolute Gasteiger partial charge is 0.492 e. The summed E-state index contributed by atoms with van der Waals surface area (Å²) in [5.41, 5.74) is 0.917. The minimum Gasteiger partial charge on any atom is -0.492 e. The van der Waals surface area contributed by atoms with Gasteiger partial charge in [0.25, 0.3) is 5.91 Å². The van der Waals surface area contributed by atoms with E-state index < -0.39 is 11.7 Å². The van der Waals surface area contributed by atoms with Crippen molar-refractivity contribution in [2.24, 2.45) is 5.92 Å². The molecule has 0 atom stereocenters. The molecule has 0 unspecified atom stereocenters. The Hall–Kier alpha value is -3.11. The lowest BCUT2D eigenvalue weighted by Gasteiger charge is -2.39. The second-order valence-corrected chi connectivity index (χ2v) is 7.50. The fourth-order valence-electron chi connectivity index (χ4n) is 3.36. The van der Waals surface area contributed by atoms with Crippen LogP contribution >= 0.6 is 11.6 Å². The van der Waals surface area contributed by atoms with Gasteiger partial charge >= 0.3 is 0 Å². The van der Waals surface area contributed by atoms with Crippen LogP contribution in [0.1, 0.15) is 21.5 Å². The first-order valence-electron chi connectivity index (χ1n) is 9.03. The van der Waals surface area contributed by atoms with Gasteiger partial charge in [-0.25, -0.2) is 4.39 Å². The van der Waals surface area contributed by atoms with Gasteiger partial charge < -0.3 is 14.4 Å². The van der Waals surface area contributed by atoms with Crippen molar-refractivity contribution >= 4 is 23.3 Å². The summed E-state index contributed by atoms with van der Waals surface area (Å²) in [6.07, 6.45) is 0.137. The Morgan fingerprint density at radius 2 is 2.14 bits per heavy atom. The Labute approximate surface area is 171 Å². The zero-order valence-electron chi connectivity index (χ0n) is 15.3. The summed E-state index contributed by atoms with van der Waals surface area (Å²) in [6, 6.07) is 9.35. The van der Waals surface area contributed by atoms with E-state index in [0.717, 1.165) is 0 Å². The average Bonchev–Trinajstić information content (AvgIpc) is 2.67. The Morgan fingerprint density at radius 1 is 1.34 bits per heavy atom. The highest BCUT2D eigenvalue weighted by Crippen LogP contribution is 2.30. The van der Waals surface area contributed by atoms with Gasteiger partial charge in [-0.1, -0.05) is 11.6 Å². The number of fused-ring (bicyclic) bond motifs is 1. The zero-order valence-corrected chi connectivity index (χ0v) is 16.0. The normalized spacial score (nSPS) is 15.8. The maximum absolute atomic E-state index is 14.3. The molecule has 148 valence electrons. The SMILES string of the molecule is N#Cc1ccc(OCC2CN(C(=O)c3cc4c(cc3F)OCC(=O)C4)C2)c(Cl)c1. The number of nitrogens with zero attached hydrogens (tertiary/aromatic N) is 2. The van der Waals surface area contributed by atoms with Gasteiger partial charge in [0.05, 0.1) is 28.8 Å². The molecule has 29 heavy (non-hydrogen) atoms. The van der Waals surface area contributed by atoms with Crippen molar-refractivity contribution in [1.29, 1.82) is 5.26 Å². The molecule has 2 aromatic carbocycles. The van der Waals surface area contributed by atoms with Crippen molar-refractivity contribution in [1.82, 2.24) is 4.90 Å². The topological polar surface area (TPSA) is 79.6 Å². The molecule has 0 radical (unpaired) electrons. The molecule has 0 N–H and O–H groups in total. The number of ketones is 1. The van der Waals surface area contributed by atoms with E-state index in [4.69, 9.17) is 26.3 Å². The number of amides is 1. The molecule has 2 heterocycles. The van der Waals surface area contributed by atoms with E-state index in [1.165, 1.54) is 23.1 Å². The molecule has 8 heteroatoms. The van der Waals surface area contributed by atoms with Gasteiger partial charge in [-0.05, 0) is 24.3 Å². The molecule has 2 aliphatic rings. The molecule has 2 aromatic rings. The molecule has 2 aliphatic heterocycles. The van der Waals surface area contributed by atoms with Gasteiger partial charge in [0.1, 0.15) is 23.9 Å². The van der Waals surface area contributed by atoms with E-state index in [2.05, 4.69) is 0 Å². The van der Waals surface area contributed by atoms with Crippen LogP contribution in [0, 0.1) is 23.1 Å². The number of ether oxygens (including phenoxy) is 2. The van der Waals surface area contributed by atoms with Crippen LogP contribution in [0.25, 0.3) is 0 Å². The van der Waals surface area contributed by atoms with Crippen molar-refractivity contribution in [3.05, 3.63) is 57.9 Å². The first-order chi connectivity index (χ1) is 13.9. The van der Waals surface area contributed by atoms with E-state index in [9.17, 15) is 14.0 Å². The summed E-state index contributed by atoms with van der Waals surface area (Å²) in [5.74, 6) is -0.307. The number of nitriles is 1. The Balaban J connectivity index is 1.35. The Bertz CT molecular complexity index is 1040. The van der Waals surface area contributed by atoms with E-state index in [0.29, 0.717) is 47.3 Å². The van der Waals surface area contributed by atoms with Crippen LogP contribution in [-0.2, 0) is 11.2 Å². The van der Waals surface area contributed by atoms with E-state index in [-0.39, 0.29) is 30.3 Å². The number of carbonyl (C=O) groups excluding carboxylic acids is 2. The van der Waals surface area contributed by atoms with Crippen molar-refractivity contribution in [2.75, 3.05) is 26.3 Å². The van der Waals surface area contributed by atoms with E-state index in [1.807, 2.05) is 6.07 Å². The molecule has 1 amide bonds. The lowest BCUT2D eigenvalue weighted by atomic mass is 9.97. The number of halogens is 2. The van der Waals surface area contributed by atoms with Crippen LogP contribution in [0.3, 0.4) is 0 Å². The fourth-order valence-corrected chi connectivity index (χ4v) is 3.60. The lowest BCUT2D eigenvalue weighted by Crippen LogP contribution is -2.52. The number of Topliss-reactive ketones (excluding diaryl/α,β-unsaturated/α-hetero) is 1. The number of rotatable bonds is 4. The highest BCUT2D eigenvalue weighted by Gasteiger charge is 2.34. The van der Waals surface area contributed by atoms with E-state index >= 15 is 0 Å². The fraction of sp³-hybridized carbons (Fsp3) is 0.286. The summed E-state index contributed by atoms with van der Waals surface area (Å²) < 4.78 is 25.2. The monoisotopic (exact) mass is 414 g/mol. The predicted octanol–water partition coefficient (Wildman–Crippen LogP) is 3.01. The lowest BCUT2D eigenvalue weighted by molar-refractivity contribution is -0.121. The summed E-state index contributed by atoms with van der Waals surface area (Å²) in [6.45, 7) is 1.14. The summed E-state index contributed by atoms with van der Waals surface area (Å²) in [5, 5.41) is 9.21. The number of likely N-dealkylation sites (tertiary alicyclic amines) is 1. The van der Waals surface area contributed by atoms with Crippen molar-refractivity contribution in [3.63, 3.8) is 0 Å². The zero-order chi connectivity index (χ0) is 20.5. The highest BCUT2D eigenvalue weighted by molar-refractivity contribution is 6.32. The van der Waals surface area contributed by atoms with Crippen LogP contribution in [-0.4, -0.2) is 42.9 Å². The van der Waals surface area contributed by atoms with E-state index in [1.54, 1.807) is 12.1 Å². The standard InChI is InChI=1S/C21H16ClFN2O4/c22-17-3-12(7-24)1-2-19(17)28-10-13-8-25(9-13)21(27)16-5-14-4-15(26)11-29-20(14)6-18(16)23/h1-3,5-6,13H,4,8-11H2. The molecule has 4 rings (SSSR count). The van der Waals surface area contributed by atoms with Gasteiger partial charge in [-0.15, -0.1) is 0 Å². The van der Waals surface area contributed by atoms with Gasteiger partial charge in [-0.2, -0.15) is 5.26 Å². The molecule has 0 aliphatic carbocycles. The second kappa shape index (κ2) is 7.72. The first-order valence-corrected chi connectivity index (χ1v) is 9.41. The van der Waals surface area contributed by atoms with Gasteiger partial charge in [0, 0.05) is 37.1 Å². The van der Waals surface area contributed by atoms with Crippen LogP contribution in [0.4, 0.5) is 4.39 Å². The van der Waals surface area contributed by atoms with Crippen molar-refractivity contribution < 1.29 is 23.5 Å². The molecule has 0 bridgehead atoms. The highest BCUT2D eigenvalue weighted by atomic mass is 35.5. The molecule has 0 aromatic heterocycles. The summed E-state index contributed by atoms with van der Waals surface area (Å²) >= 11 is 6.08. The molecule has 0 spiro atoms. The van der Waals surface area contributed by atoms with Gasteiger partial charge in [-0.3, -0.25) is 9.59 Å². The summed E-state index contributed by atoms with van der Waals surface area (Å²) in [7, 11) is 0. The maximum Gasteiger partial charge on any atom is 0.256 e. The predicted molar refractivity (Wildman–Crippen MR) is 102 cm³/mol. The second-order valence-electron chi connectivity index (χ2n) is 7.09. The van der Waals surface area contributed by atoms with Crippen LogP contribution in [0.5, 0.6) is 11.5 Å². The number of benzene rings is 2.